The van der Waals surface area contributed by atoms with Crippen LogP contribution in [0, 0.1) is 5.92 Å². The number of fused-ring (bicyclic) bond motifs is 12. The molecule has 45 heavy (non-hydrogen) atoms. The van der Waals surface area contributed by atoms with E-state index in [1.807, 2.05) is 12.1 Å². The van der Waals surface area contributed by atoms with E-state index >= 15 is 0 Å². The zero-order valence-corrected chi connectivity index (χ0v) is 25.9. The number of carbonyl (C=O) groups is 1. The largest absolute Gasteiger partial charge is 0.465 e. The van der Waals surface area contributed by atoms with Gasteiger partial charge in [0, 0.05) is 68.7 Å². The van der Waals surface area contributed by atoms with Gasteiger partial charge in [-0.1, -0.05) is 105 Å². The van der Waals surface area contributed by atoms with Crippen molar-refractivity contribution in [3.8, 4) is 0 Å². The molecule has 220 valence electrons. The molecule has 0 aliphatic heterocycles. The second kappa shape index (κ2) is 8.54. The smallest absolute Gasteiger partial charge is 0.193 e. The summed E-state index contributed by atoms with van der Waals surface area (Å²) in [4.78, 5) is 13.8. The predicted octanol–water partition coefficient (Wildman–Crippen LogP) is 9.95. The Kier molecular flexibility index (Phi) is 4.87. The predicted molar refractivity (Wildman–Crippen MR) is 179 cm³/mol. The van der Waals surface area contributed by atoms with Crippen LogP contribution in [0.4, 0.5) is 0 Å². The number of furan rings is 2. The summed E-state index contributed by atoms with van der Waals surface area (Å²) >= 11 is 0. The minimum atomic E-state index is -0.286. The molecule has 3 nitrogen and oxygen atoms in total. The van der Waals surface area contributed by atoms with Gasteiger partial charge in [0.05, 0.1) is 0 Å². The molecule has 3 unspecified atom stereocenters. The average molecular weight is 587 g/mol. The molecule has 0 saturated heterocycles. The highest BCUT2D eigenvalue weighted by atomic mass is 16.3. The first-order valence-corrected chi connectivity index (χ1v) is 16.4. The Morgan fingerprint density at radius 2 is 1.62 bits per heavy atom. The number of benzene rings is 3. The molecular weight excluding hydrogens is 552 g/mol. The third kappa shape index (κ3) is 3.09. The standard InChI is InChI=1S/C42H34O3/c1-41(2)28-13-7-4-10-24(28)40(43)25-17-16-23(22-31(25)41)42(3)29-18-20-34-36(26-11-5-8-14-32(26)44-34)38(29)39-30(42)19-21-35-37(39)27-12-6-9-15-33(27)45-35/h4-8,10-14,16-18,20,22,29,38H,9,15,19,21H2,1-3H3. The molecule has 3 aromatic carbocycles. The maximum absolute atomic E-state index is 13.8. The van der Waals surface area contributed by atoms with Crippen LogP contribution in [0.25, 0.3) is 28.7 Å². The topological polar surface area (TPSA) is 43.4 Å². The van der Waals surface area contributed by atoms with Crippen molar-refractivity contribution in [2.24, 2.45) is 5.92 Å². The van der Waals surface area contributed by atoms with E-state index in [4.69, 9.17) is 8.83 Å². The molecule has 0 radical (unpaired) electrons. The first-order valence-electron chi connectivity index (χ1n) is 16.4. The minimum absolute atomic E-state index is 0.132. The van der Waals surface area contributed by atoms with E-state index in [-0.39, 0.29) is 28.4 Å². The van der Waals surface area contributed by atoms with Crippen LogP contribution >= 0.6 is 0 Å². The van der Waals surface area contributed by atoms with Crippen LogP contribution in [0.3, 0.4) is 0 Å². The lowest BCUT2D eigenvalue weighted by molar-refractivity contribution is 0.103. The molecule has 0 fully saturated rings. The summed E-state index contributed by atoms with van der Waals surface area (Å²) in [5, 5.41) is 1.21. The second-order valence-electron chi connectivity index (χ2n) is 14.3. The van der Waals surface area contributed by atoms with Gasteiger partial charge in [-0.2, -0.15) is 0 Å². The van der Waals surface area contributed by atoms with E-state index in [2.05, 4.69) is 99.7 Å². The van der Waals surface area contributed by atoms with Gasteiger partial charge >= 0.3 is 0 Å². The summed E-state index contributed by atoms with van der Waals surface area (Å²) in [6.45, 7) is 7.00. The van der Waals surface area contributed by atoms with Crippen LogP contribution in [0.15, 0.2) is 93.3 Å². The Labute approximate surface area is 263 Å². The molecular formula is C42H34O3. The molecule has 0 amide bonds. The van der Waals surface area contributed by atoms with Crippen LogP contribution in [0.1, 0.15) is 106 Å². The highest BCUT2D eigenvalue weighted by molar-refractivity contribution is 6.13. The number of allylic oxidation sites excluding steroid dienone is 4. The van der Waals surface area contributed by atoms with E-state index in [9.17, 15) is 4.79 Å². The van der Waals surface area contributed by atoms with Crippen molar-refractivity contribution in [3.05, 3.63) is 146 Å². The van der Waals surface area contributed by atoms with Crippen LogP contribution in [-0.4, -0.2) is 5.78 Å². The zero-order chi connectivity index (χ0) is 30.2. The summed E-state index contributed by atoms with van der Waals surface area (Å²) in [6.07, 6.45) is 13.1. The molecule has 0 spiro atoms. The maximum atomic E-state index is 13.8. The molecule has 2 heterocycles. The Hall–Kier alpha value is -4.63. The minimum Gasteiger partial charge on any atom is -0.465 e. The van der Waals surface area contributed by atoms with Gasteiger partial charge in [0.15, 0.2) is 5.78 Å². The van der Waals surface area contributed by atoms with Gasteiger partial charge in [0.25, 0.3) is 0 Å². The van der Waals surface area contributed by atoms with Crippen molar-refractivity contribution in [3.63, 3.8) is 0 Å². The van der Waals surface area contributed by atoms with Gasteiger partial charge in [-0.15, -0.1) is 0 Å². The van der Waals surface area contributed by atoms with Crippen molar-refractivity contribution in [1.29, 1.82) is 0 Å². The first kappa shape index (κ1) is 25.7. The van der Waals surface area contributed by atoms with Gasteiger partial charge in [0.1, 0.15) is 22.9 Å². The lowest BCUT2D eigenvalue weighted by Crippen LogP contribution is -2.35. The summed E-state index contributed by atoms with van der Waals surface area (Å²) in [7, 11) is 0. The van der Waals surface area contributed by atoms with Crippen LogP contribution in [0.5, 0.6) is 0 Å². The monoisotopic (exact) mass is 586 g/mol. The van der Waals surface area contributed by atoms with Gasteiger partial charge in [0.2, 0.25) is 0 Å². The van der Waals surface area contributed by atoms with E-state index in [0.29, 0.717) is 0 Å². The maximum Gasteiger partial charge on any atom is 0.193 e. The normalized spacial score (nSPS) is 24.9. The number of carbonyl (C=O) groups excluding carboxylic acids is 1. The van der Waals surface area contributed by atoms with E-state index in [1.54, 1.807) is 0 Å². The van der Waals surface area contributed by atoms with Crippen molar-refractivity contribution < 1.29 is 13.6 Å². The van der Waals surface area contributed by atoms with E-state index in [0.717, 1.165) is 70.8 Å². The number of aryl methyl sites for hydroxylation is 2. The number of rotatable bonds is 1. The fourth-order valence-corrected chi connectivity index (χ4v) is 9.73. The molecule has 0 saturated carbocycles. The fraction of sp³-hybridized carbons (Fsp3) is 0.262. The first-order chi connectivity index (χ1) is 21.9. The van der Waals surface area contributed by atoms with Crippen molar-refractivity contribution in [2.45, 2.75) is 63.2 Å². The highest BCUT2D eigenvalue weighted by Crippen LogP contribution is 2.66. The Morgan fingerprint density at radius 3 is 2.53 bits per heavy atom. The van der Waals surface area contributed by atoms with Crippen molar-refractivity contribution in [2.75, 3.05) is 0 Å². The molecule has 5 aliphatic carbocycles. The van der Waals surface area contributed by atoms with Crippen molar-refractivity contribution >= 4 is 34.5 Å². The Balaban J connectivity index is 1.25. The highest BCUT2D eigenvalue weighted by Gasteiger charge is 2.56. The van der Waals surface area contributed by atoms with Gasteiger partial charge in [-0.05, 0) is 47.2 Å². The lowest BCUT2D eigenvalue weighted by Gasteiger charge is -2.40. The zero-order valence-electron chi connectivity index (χ0n) is 25.9. The number of hydrogen-bond acceptors (Lipinski definition) is 3. The van der Waals surface area contributed by atoms with Crippen LogP contribution in [0.2, 0.25) is 0 Å². The second-order valence-corrected chi connectivity index (χ2v) is 14.3. The molecule has 2 aromatic heterocycles. The number of hydrogen-bond donors (Lipinski definition) is 0. The number of ketones is 1. The van der Waals surface area contributed by atoms with E-state index < -0.39 is 0 Å². The quantitative estimate of drug-likeness (QED) is 0.196. The summed E-state index contributed by atoms with van der Waals surface area (Å²) in [5.74, 6) is 3.74. The van der Waals surface area contributed by atoms with Crippen LogP contribution in [-0.2, 0) is 23.7 Å². The van der Waals surface area contributed by atoms with Gasteiger partial charge in [-0.25, -0.2) is 0 Å². The number of para-hydroxylation sites is 1. The molecule has 3 heteroatoms. The van der Waals surface area contributed by atoms with Gasteiger partial charge < -0.3 is 8.83 Å². The fourth-order valence-electron chi connectivity index (χ4n) is 9.73. The summed E-state index contributed by atoms with van der Waals surface area (Å²) in [6, 6.07) is 23.4. The Morgan fingerprint density at radius 1 is 0.800 bits per heavy atom. The molecule has 5 aromatic rings. The van der Waals surface area contributed by atoms with Gasteiger partial charge in [-0.3, -0.25) is 4.79 Å². The van der Waals surface area contributed by atoms with E-state index in [1.165, 1.54) is 38.8 Å². The lowest BCUT2D eigenvalue weighted by atomic mass is 9.62. The van der Waals surface area contributed by atoms with Crippen molar-refractivity contribution in [1.82, 2.24) is 0 Å². The molecule has 10 rings (SSSR count). The SMILES string of the molecule is CC1(C)c2ccccc2C(=O)c2ccc(C3(C)C4=C(c5c(oc6c5C=CCC6)CC4)C4c5c(oc6ccccc56)C=CC43)cc21. The molecule has 0 bridgehead atoms. The summed E-state index contributed by atoms with van der Waals surface area (Å²) in [5.41, 5.74) is 12.4. The third-order valence-corrected chi connectivity index (χ3v) is 11.9. The molecule has 5 aliphatic rings. The third-order valence-electron chi connectivity index (χ3n) is 11.9. The summed E-state index contributed by atoms with van der Waals surface area (Å²) < 4.78 is 13.1. The Bertz CT molecular complexity index is 2240. The van der Waals surface area contributed by atoms with Crippen LogP contribution < -0.4 is 0 Å². The molecule has 3 atom stereocenters. The average Bonchev–Trinajstić information content (AvgIpc) is 3.72. The molecule has 0 N–H and O–H groups in total.